The van der Waals surface area contributed by atoms with E-state index in [4.69, 9.17) is 40.0 Å². The van der Waals surface area contributed by atoms with Crippen molar-refractivity contribution in [3.63, 3.8) is 0 Å². The molecule has 0 aromatic heterocycles. The number of halogens is 1. The normalized spacial score (nSPS) is 12.5. The van der Waals surface area contributed by atoms with Crippen LogP contribution < -0.4 is 9.47 Å². The van der Waals surface area contributed by atoms with Crippen molar-refractivity contribution in [1.82, 2.24) is 0 Å². The number of hydrogen-bond donors (Lipinski definition) is 0. The second-order valence-electron chi connectivity index (χ2n) is 11.2. The molecule has 0 saturated carbocycles. The predicted octanol–water partition coefficient (Wildman–Crippen LogP) is 8.01. The zero-order chi connectivity index (χ0) is 32.8. The van der Waals surface area contributed by atoms with Gasteiger partial charge in [-0.05, 0) is 44.9 Å². The van der Waals surface area contributed by atoms with Crippen LogP contribution in [0.25, 0.3) is 21.5 Å². The Balaban J connectivity index is 1.96. The first-order valence-electron chi connectivity index (χ1n) is 15.4. The highest BCUT2D eigenvalue weighted by molar-refractivity contribution is 6.31. The van der Waals surface area contributed by atoms with Gasteiger partial charge in [-0.15, -0.1) is 0 Å². The quantitative estimate of drug-likeness (QED) is 0.0697. The van der Waals surface area contributed by atoms with E-state index in [1.807, 2.05) is 64.1 Å². The summed E-state index contributed by atoms with van der Waals surface area (Å²) in [5.41, 5.74) is 1.73. The van der Waals surface area contributed by atoms with Gasteiger partial charge in [0.15, 0.2) is 12.2 Å². The van der Waals surface area contributed by atoms with E-state index in [0.717, 1.165) is 32.7 Å². The minimum Gasteiger partial charge on any atom is -0.488 e. The van der Waals surface area contributed by atoms with Gasteiger partial charge >= 0.3 is 11.9 Å². The van der Waals surface area contributed by atoms with Crippen LogP contribution in [0.3, 0.4) is 0 Å². The highest BCUT2D eigenvalue weighted by Gasteiger charge is 2.22. The first kappa shape index (κ1) is 35.9. The Kier molecular flexibility index (Phi) is 14.7. The summed E-state index contributed by atoms with van der Waals surface area (Å²) in [6, 6.07) is 13.2. The molecule has 0 fully saturated rings. The van der Waals surface area contributed by atoms with Crippen LogP contribution in [0.2, 0.25) is 5.02 Å². The van der Waals surface area contributed by atoms with Crippen molar-refractivity contribution in [3.05, 3.63) is 71.8 Å². The van der Waals surface area contributed by atoms with Gasteiger partial charge in [0, 0.05) is 39.4 Å². The summed E-state index contributed by atoms with van der Waals surface area (Å²) in [6.07, 6.45) is 0.698. The van der Waals surface area contributed by atoms with Gasteiger partial charge in [0.05, 0.1) is 26.4 Å². The molecule has 45 heavy (non-hydrogen) atoms. The molecule has 0 amide bonds. The lowest BCUT2D eigenvalue weighted by Crippen LogP contribution is -2.30. The van der Waals surface area contributed by atoms with E-state index in [2.05, 4.69) is 13.2 Å². The van der Waals surface area contributed by atoms with Gasteiger partial charge in [0.2, 0.25) is 0 Å². The maximum Gasteiger partial charge on any atom is 0.306 e. The molecule has 0 aliphatic heterocycles. The van der Waals surface area contributed by atoms with Gasteiger partial charge < -0.3 is 28.4 Å². The van der Waals surface area contributed by atoms with E-state index in [0.29, 0.717) is 55.4 Å². The third-order valence-corrected chi connectivity index (χ3v) is 6.76. The third-order valence-electron chi connectivity index (χ3n) is 6.52. The van der Waals surface area contributed by atoms with Gasteiger partial charge in [-0.25, -0.2) is 0 Å². The summed E-state index contributed by atoms with van der Waals surface area (Å²) in [5.74, 6) is 0.545. The Bertz CT molecular complexity index is 1470. The third kappa shape index (κ3) is 11.4. The lowest BCUT2D eigenvalue weighted by atomic mass is 10.0. The molecule has 9 heteroatoms. The Morgan fingerprint density at radius 1 is 0.689 bits per heavy atom. The van der Waals surface area contributed by atoms with Crippen LogP contribution in [-0.2, 0) is 28.5 Å². The second-order valence-corrected chi connectivity index (χ2v) is 11.6. The first-order valence-corrected chi connectivity index (χ1v) is 15.7. The van der Waals surface area contributed by atoms with E-state index in [1.165, 1.54) is 0 Å². The molecule has 0 heterocycles. The fourth-order valence-electron chi connectivity index (χ4n) is 4.59. The standard InChI is InChI=1S/C36H45ClO8/c1-7-11-33(38)44-27(20-40-18-24(3)4)22-42-35-29-13-9-10-14-30(29)36(32-17-26(37)15-16-31(32)35)43-23-28(21-41-19-25(5)6)45-34(39)12-8-2/h9-10,13-17,27-28H,3,5,7-8,11-12,18-23H2,1-2,4,6H3. The van der Waals surface area contributed by atoms with Crippen LogP contribution in [0, 0.1) is 0 Å². The van der Waals surface area contributed by atoms with Gasteiger partial charge in [0.25, 0.3) is 0 Å². The molecule has 0 radical (unpaired) electrons. The summed E-state index contributed by atoms with van der Waals surface area (Å²) >= 11 is 6.48. The van der Waals surface area contributed by atoms with Crippen molar-refractivity contribution < 1.29 is 38.0 Å². The maximum absolute atomic E-state index is 12.4. The largest absolute Gasteiger partial charge is 0.488 e. The summed E-state index contributed by atoms with van der Waals surface area (Å²) in [5, 5.41) is 3.57. The molecule has 3 aromatic rings. The van der Waals surface area contributed by atoms with Gasteiger partial charge in [-0.1, -0.05) is 74.0 Å². The highest BCUT2D eigenvalue weighted by Crippen LogP contribution is 2.43. The van der Waals surface area contributed by atoms with Gasteiger partial charge in [0.1, 0.15) is 24.7 Å². The summed E-state index contributed by atoms with van der Waals surface area (Å²) in [4.78, 5) is 24.7. The van der Waals surface area contributed by atoms with Crippen molar-refractivity contribution in [3.8, 4) is 11.5 Å². The number of fused-ring (bicyclic) bond motifs is 2. The van der Waals surface area contributed by atoms with Crippen LogP contribution in [-0.4, -0.2) is 63.8 Å². The number of carbonyl (C=O) groups is 2. The molecule has 0 saturated heterocycles. The topological polar surface area (TPSA) is 89.5 Å². The Morgan fingerprint density at radius 2 is 1.13 bits per heavy atom. The molecule has 0 spiro atoms. The Morgan fingerprint density at radius 3 is 1.58 bits per heavy atom. The monoisotopic (exact) mass is 640 g/mol. The van der Waals surface area contributed by atoms with Gasteiger partial charge in [-0.3, -0.25) is 9.59 Å². The lowest BCUT2D eigenvalue weighted by Gasteiger charge is -2.23. The average molecular weight is 641 g/mol. The number of carbonyl (C=O) groups excluding carboxylic acids is 2. The number of rotatable bonds is 20. The van der Waals surface area contributed by atoms with E-state index >= 15 is 0 Å². The molecular weight excluding hydrogens is 596 g/mol. The molecule has 3 aromatic carbocycles. The van der Waals surface area contributed by atoms with Crippen molar-refractivity contribution >= 4 is 45.1 Å². The van der Waals surface area contributed by atoms with E-state index < -0.39 is 12.2 Å². The zero-order valence-electron chi connectivity index (χ0n) is 26.8. The number of esters is 2. The molecule has 0 aliphatic carbocycles. The molecule has 2 unspecified atom stereocenters. The van der Waals surface area contributed by atoms with Crippen molar-refractivity contribution in [2.24, 2.45) is 0 Å². The zero-order valence-corrected chi connectivity index (χ0v) is 27.6. The second kappa shape index (κ2) is 18.4. The molecule has 244 valence electrons. The average Bonchev–Trinajstić information content (AvgIpc) is 2.98. The minimum absolute atomic E-state index is 0.0625. The van der Waals surface area contributed by atoms with Crippen LogP contribution >= 0.6 is 11.6 Å². The van der Waals surface area contributed by atoms with Crippen LogP contribution in [0.1, 0.15) is 53.4 Å². The molecular formula is C36H45ClO8. The molecule has 0 aliphatic rings. The minimum atomic E-state index is -0.634. The molecule has 3 rings (SSSR count). The van der Waals surface area contributed by atoms with Crippen molar-refractivity contribution in [1.29, 1.82) is 0 Å². The van der Waals surface area contributed by atoms with E-state index in [-0.39, 0.29) is 38.4 Å². The number of ether oxygens (including phenoxy) is 6. The summed E-state index contributed by atoms with van der Waals surface area (Å²) in [6.45, 7) is 16.5. The fourth-order valence-corrected chi connectivity index (χ4v) is 4.77. The van der Waals surface area contributed by atoms with Crippen LogP contribution in [0.5, 0.6) is 11.5 Å². The molecule has 8 nitrogen and oxygen atoms in total. The molecule has 0 N–H and O–H groups in total. The van der Waals surface area contributed by atoms with E-state index in [1.54, 1.807) is 6.07 Å². The maximum atomic E-state index is 12.4. The summed E-state index contributed by atoms with van der Waals surface area (Å²) < 4.78 is 35.7. The SMILES string of the molecule is C=C(C)COCC(COc1c2ccccc2c(OCC(COCC(=C)C)OC(=O)CCC)c2cc(Cl)ccc12)OC(=O)CCC. The lowest BCUT2D eigenvalue weighted by molar-refractivity contribution is -0.154. The smallest absolute Gasteiger partial charge is 0.306 e. The number of hydrogen-bond acceptors (Lipinski definition) is 8. The number of benzene rings is 3. The molecule has 2 atom stereocenters. The fraction of sp³-hybridized carbons (Fsp3) is 0.444. The van der Waals surface area contributed by atoms with E-state index in [9.17, 15) is 9.59 Å². The Hall–Kier alpha value is -3.59. The molecule has 0 bridgehead atoms. The van der Waals surface area contributed by atoms with Gasteiger partial charge in [-0.2, -0.15) is 0 Å². The van der Waals surface area contributed by atoms with Crippen LogP contribution in [0.15, 0.2) is 66.8 Å². The Labute approximate surface area is 271 Å². The predicted molar refractivity (Wildman–Crippen MR) is 178 cm³/mol. The van der Waals surface area contributed by atoms with Crippen molar-refractivity contribution in [2.75, 3.05) is 39.6 Å². The highest BCUT2D eigenvalue weighted by atomic mass is 35.5. The summed E-state index contributed by atoms with van der Waals surface area (Å²) in [7, 11) is 0. The van der Waals surface area contributed by atoms with Crippen LogP contribution in [0.4, 0.5) is 0 Å². The first-order chi connectivity index (χ1) is 21.6. The van der Waals surface area contributed by atoms with Crippen molar-refractivity contribution in [2.45, 2.75) is 65.6 Å².